The fourth-order valence-electron chi connectivity index (χ4n) is 1.95. The van der Waals surface area contributed by atoms with E-state index < -0.39 is 21.5 Å². The van der Waals surface area contributed by atoms with Crippen molar-refractivity contribution in [3.8, 4) is 5.75 Å². The Morgan fingerprint density at radius 1 is 1.36 bits per heavy atom. The summed E-state index contributed by atoms with van der Waals surface area (Å²) in [7, 11) is 0.385. The number of carbonyl (C=O) groups excluding carboxylic acids is 1. The average molecular weight is 367 g/mol. The van der Waals surface area contributed by atoms with Gasteiger partial charge in [-0.2, -0.15) is 0 Å². The van der Waals surface area contributed by atoms with Gasteiger partial charge in [0.2, 0.25) is 10.0 Å². The Labute approximate surface area is 143 Å². The van der Waals surface area contributed by atoms with Gasteiger partial charge in [-0.1, -0.05) is 0 Å². The zero-order valence-corrected chi connectivity index (χ0v) is 14.5. The molecule has 10 nitrogen and oxygen atoms in total. The number of rotatable bonds is 5. The minimum atomic E-state index is -3.69. The average Bonchev–Trinajstić information content (AvgIpc) is 2.57. The number of nitrogens with zero attached hydrogens (tertiary/aromatic N) is 2. The molecule has 1 aromatic carbocycles. The summed E-state index contributed by atoms with van der Waals surface area (Å²) in [6.07, 6.45) is 1.11. The summed E-state index contributed by atoms with van der Waals surface area (Å²) in [6.45, 7) is 0. The van der Waals surface area contributed by atoms with Crippen LogP contribution < -0.4 is 21.3 Å². The van der Waals surface area contributed by atoms with Crippen LogP contribution in [-0.4, -0.2) is 49.8 Å². The lowest BCUT2D eigenvalue weighted by molar-refractivity contribution is 0.102. The molecule has 0 atom stereocenters. The maximum atomic E-state index is 12.4. The minimum Gasteiger partial charge on any atom is -0.496 e. The van der Waals surface area contributed by atoms with Gasteiger partial charge >= 0.3 is 0 Å². The van der Waals surface area contributed by atoms with Crippen LogP contribution in [0.4, 0.5) is 11.5 Å². The van der Waals surface area contributed by atoms with E-state index in [0.29, 0.717) is 0 Å². The second-order valence-electron chi connectivity index (χ2n) is 5.10. The number of hydrogen-bond donors (Lipinski definition) is 3. The third kappa shape index (κ3) is 3.61. The van der Waals surface area contributed by atoms with Gasteiger partial charge in [0.1, 0.15) is 11.4 Å². The molecule has 0 bridgehead atoms. The van der Waals surface area contributed by atoms with E-state index in [4.69, 9.17) is 10.5 Å². The highest BCUT2D eigenvalue weighted by Crippen LogP contribution is 2.25. The summed E-state index contributed by atoms with van der Waals surface area (Å²) in [5.41, 5.74) is 4.77. The molecule has 134 valence electrons. The quantitative estimate of drug-likeness (QED) is 0.666. The van der Waals surface area contributed by atoms with Gasteiger partial charge in [0, 0.05) is 20.2 Å². The fourth-order valence-corrected chi connectivity index (χ4v) is 2.86. The van der Waals surface area contributed by atoms with Crippen LogP contribution in [0.1, 0.15) is 10.4 Å². The van der Waals surface area contributed by atoms with Crippen LogP contribution in [0, 0.1) is 0 Å². The number of sulfonamides is 1. The van der Waals surface area contributed by atoms with Crippen molar-refractivity contribution in [2.45, 2.75) is 4.90 Å². The number of anilines is 2. The first-order chi connectivity index (χ1) is 11.7. The second-order valence-corrected chi connectivity index (χ2v) is 7.25. The van der Waals surface area contributed by atoms with Crippen LogP contribution in [0.15, 0.2) is 34.2 Å². The van der Waals surface area contributed by atoms with Gasteiger partial charge in [0.15, 0.2) is 5.82 Å². The number of aromatic amines is 1. The van der Waals surface area contributed by atoms with Crippen molar-refractivity contribution in [1.29, 1.82) is 0 Å². The highest BCUT2D eigenvalue weighted by Gasteiger charge is 2.22. The standard InChI is InChI=1S/C14H17N5O5S/c1-19(2)25(22,23)8-4-5-9(10(6-8)24-3)13(20)18-11-12(15)16-7-17-14(11)21/h4-7H,1-3H3,(H,18,20)(H3,15,16,17,21). The van der Waals surface area contributed by atoms with Crippen LogP contribution in [-0.2, 0) is 10.0 Å². The van der Waals surface area contributed by atoms with Gasteiger partial charge in [-0.05, 0) is 12.1 Å². The molecule has 0 saturated carbocycles. The Morgan fingerprint density at radius 3 is 2.60 bits per heavy atom. The Morgan fingerprint density at radius 2 is 2.04 bits per heavy atom. The van der Waals surface area contributed by atoms with Gasteiger partial charge in [0.05, 0.1) is 23.9 Å². The normalized spacial score (nSPS) is 11.4. The molecule has 0 radical (unpaired) electrons. The summed E-state index contributed by atoms with van der Waals surface area (Å²) in [4.78, 5) is 30.1. The number of nitrogen functional groups attached to an aromatic ring is 1. The molecule has 2 aromatic rings. The number of methoxy groups -OCH3 is 1. The first kappa shape index (κ1) is 18.4. The van der Waals surface area contributed by atoms with Crippen molar-refractivity contribution < 1.29 is 17.9 Å². The van der Waals surface area contributed by atoms with Crippen molar-refractivity contribution in [2.24, 2.45) is 0 Å². The SMILES string of the molecule is COc1cc(S(=O)(=O)N(C)C)ccc1C(=O)Nc1c(N)nc[nH]c1=O. The van der Waals surface area contributed by atoms with E-state index in [1.165, 1.54) is 39.4 Å². The molecule has 11 heteroatoms. The number of H-pyrrole nitrogens is 1. The summed E-state index contributed by atoms with van der Waals surface area (Å²) >= 11 is 0. The minimum absolute atomic E-state index is 0.0271. The molecule has 1 heterocycles. The lowest BCUT2D eigenvalue weighted by Crippen LogP contribution is -2.24. The van der Waals surface area contributed by atoms with Crippen molar-refractivity contribution in [1.82, 2.24) is 14.3 Å². The molecule has 0 aliphatic rings. The van der Waals surface area contributed by atoms with Crippen LogP contribution in [0.3, 0.4) is 0 Å². The van der Waals surface area contributed by atoms with Gasteiger partial charge < -0.3 is 20.8 Å². The van der Waals surface area contributed by atoms with E-state index in [0.717, 1.165) is 10.6 Å². The summed E-state index contributed by atoms with van der Waals surface area (Å²) in [5, 5.41) is 2.34. The van der Waals surface area contributed by atoms with Crippen molar-refractivity contribution in [2.75, 3.05) is 32.3 Å². The number of carbonyl (C=O) groups is 1. The third-order valence-corrected chi connectivity index (χ3v) is 5.13. The smallest absolute Gasteiger partial charge is 0.276 e. The Hall–Kier alpha value is -2.92. The van der Waals surface area contributed by atoms with Gasteiger partial charge in [-0.25, -0.2) is 17.7 Å². The number of amides is 1. The van der Waals surface area contributed by atoms with E-state index in [-0.39, 0.29) is 27.7 Å². The number of benzene rings is 1. The van der Waals surface area contributed by atoms with E-state index >= 15 is 0 Å². The number of hydrogen-bond acceptors (Lipinski definition) is 7. The predicted molar refractivity (Wildman–Crippen MR) is 91.1 cm³/mol. The molecular formula is C14H17N5O5S. The van der Waals surface area contributed by atoms with E-state index in [2.05, 4.69) is 15.3 Å². The molecular weight excluding hydrogens is 350 g/mol. The van der Waals surface area contributed by atoms with Crippen molar-refractivity contribution in [3.05, 3.63) is 40.4 Å². The molecule has 1 aromatic heterocycles. The molecule has 25 heavy (non-hydrogen) atoms. The van der Waals surface area contributed by atoms with Crippen molar-refractivity contribution in [3.63, 3.8) is 0 Å². The number of nitrogens with two attached hydrogens (primary N) is 1. The van der Waals surface area contributed by atoms with Crippen molar-refractivity contribution >= 4 is 27.4 Å². The first-order valence-corrected chi connectivity index (χ1v) is 8.37. The van der Waals surface area contributed by atoms with Crippen LogP contribution in [0.25, 0.3) is 0 Å². The lowest BCUT2D eigenvalue weighted by Gasteiger charge is -2.14. The highest BCUT2D eigenvalue weighted by molar-refractivity contribution is 7.89. The summed E-state index contributed by atoms with van der Waals surface area (Å²) < 4.78 is 30.5. The van der Waals surface area contributed by atoms with Gasteiger partial charge in [0.25, 0.3) is 11.5 Å². The first-order valence-electron chi connectivity index (χ1n) is 6.93. The molecule has 0 spiro atoms. The van der Waals surface area contributed by atoms with E-state index in [9.17, 15) is 18.0 Å². The number of nitrogens with one attached hydrogen (secondary N) is 2. The molecule has 1 amide bonds. The van der Waals surface area contributed by atoms with E-state index in [1.807, 2.05) is 0 Å². The van der Waals surface area contributed by atoms with Crippen LogP contribution >= 0.6 is 0 Å². The zero-order valence-electron chi connectivity index (χ0n) is 13.7. The number of ether oxygens (including phenoxy) is 1. The van der Waals surface area contributed by atoms with Gasteiger partial charge in [-0.3, -0.25) is 9.59 Å². The Bertz CT molecular complexity index is 968. The largest absolute Gasteiger partial charge is 0.496 e. The van der Waals surface area contributed by atoms with Crippen LogP contribution in [0.5, 0.6) is 5.75 Å². The summed E-state index contributed by atoms with van der Waals surface area (Å²) in [6, 6.07) is 3.77. The monoisotopic (exact) mass is 367 g/mol. The molecule has 2 rings (SSSR count). The zero-order chi connectivity index (χ0) is 18.8. The molecule has 0 saturated heterocycles. The second kappa shape index (κ2) is 6.91. The fraction of sp³-hybridized carbons (Fsp3) is 0.214. The molecule has 0 unspecified atom stereocenters. The molecule has 0 fully saturated rings. The number of aromatic nitrogens is 2. The van der Waals surface area contributed by atoms with Crippen LogP contribution in [0.2, 0.25) is 0 Å². The summed E-state index contributed by atoms with van der Waals surface area (Å²) in [5.74, 6) is -0.821. The molecule has 0 aliphatic heterocycles. The Balaban J connectivity index is 2.43. The predicted octanol–water partition coefficient (Wildman–Crippen LogP) is -0.137. The Kier molecular flexibility index (Phi) is 5.09. The molecule has 4 N–H and O–H groups in total. The maximum Gasteiger partial charge on any atom is 0.276 e. The topological polar surface area (TPSA) is 147 Å². The third-order valence-electron chi connectivity index (χ3n) is 3.32. The van der Waals surface area contributed by atoms with Gasteiger partial charge in [-0.15, -0.1) is 0 Å². The lowest BCUT2D eigenvalue weighted by atomic mass is 10.2. The van der Waals surface area contributed by atoms with E-state index in [1.54, 1.807) is 0 Å². The molecule has 0 aliphatic carbocycles. The maximum absolute atomic E-state index is 12.4. The highest BCUT2D eigenvalue weighted by atomic mass is 32.2.